The SMILES string of the molecule is Cc1nc2ccc(Br)cn2c1N=Nc1ccccc1F. The Morgan fingerprint density at radius 1 is 1.15 bits per heavy atom. The van der Waals surface area contributed by atoms with E-state index in [4.69, 9.17) is 0 Å². The highest BCUT2D eigenvalue weighted by atomic mass is 79.9. The van der Waals surface area contributed by atoms with Gasteiger partial charge in [-0.1, -0.05) is 12.1 Å². The zero-order valence-electron chi connectivity index (χ0n) is 10.6. The Balaban J connectivity index is 2.09. The molecule has 0 bridgehead atoms. The lowest BCUT2D eigenvalue weighted by molar-refractivity contribution is 0.628. The van der Waals surface area contributed by atoms with E-state index in [0.29, 0.717) is 5.82 Å². The zero-order chi connectivity index (χ0) is 14.1. The first kappa shape index (κ1) is 12.9. The van der Waals surface area contributed by atoms with Gasteiger partial charge in [-0.2, -0.15) is 0 Å². The van der Waals surface area contributed by atoms with Crippen molar-refractivity contribution in [2.75, 3.05) is 0 Å². The molecule has 100 valence electrons. The molecule has 1 aromatic carbocycles. The molecule has 0 N–H and O–H groups in total. The third-order valence-electron chi connectivity index (χ3n) is 2.83. The standard InChI is InChI=1S/C14H10BrFN4/c1-9-14(19-18-12-5-3-2-4-11(12)16)20-8-10(15)6-7-13(20)17-9/h2-8H,1H3. The monoisotopic (exact) mass is 332 g/mol. The molecular weight excluding hydrogens is 323 g/mol. The molecule has 0 atom stereocenters. The Morgan fingerprint density at radius 2 is 1.95 bits per heavy atom. The summed E-state index contributed by atoms with van der Waals surface area (Å²) in [6, 6.07) is 10.0. The van der Waals surface area contributed by atoms with Gasteiger partial charge in [0.1, 0.15) is 11.3 Å². The number of imidazole rings is 1. The molecule has 2 heterocycles. The van der Waals surface area contributed by atoms with Gasteiger partial charge < -0.3 is 0 Å². The van der Waals surface area contributed by atoms with Gasteiger partial charge in [-0.25, -0.2) is 9.37 Å². The first-order chi connectivity index (χ1) is 9.65. The summed E-state index contributed by atoms with van der Waals surface area (Å²) < 4.78 is 16.2. The molecule has 3 aromatic rings. The summed E-state index contributed by atoms with van der Waals surface area (Å²) >= 11 is 3.40. The summed E-state index contributed by atoms with van der Waals surface area (Å²) in [7, 11) is 0. The van der Waals surface area contributed by atoms with E-state index in [0.717, 1.165) is 15.8 Å². The molecule has 20 heavy (non-hydrogen) atoms. The van der Waals surface area contributed by atoms with E-state index in [2.05, 4.69) is 31.1 Å². The summed E-state index contributed by atoms with van der Waals surface area (Å²) in [5.74, 6) is 0.188. The van der Waals surface area contributed by atoms with Crippen LogP contribution in [0.4, 0.5) is 15.9 Å². The fourth-order valence-electron chi connectivity index (χ4n) is 1.88. The van der Waals surface area contributed by atoms with E-state index >= 15 is 0 Å². The number of hydrogen-bond acceptors (Lipinski definition) is 3. The van der Waals surface area contributed by atoms with E-state index in [1.807, 2.05) is 29.7 Å². The predicted molar refractivity (Wildman–Crippen MR) is 78.2 cm³/mol. The lowest BCUT2D eigenvalue weighted by Gasteiger charge is -1.98. The van der Waals surface area contributed by atoms with Crippen LogP contribution >= 0.6 is 15.9 Å². The topological polar surface area (TPSA) is 42.0 Å². The smallest absolute Gasteiger partial charge is 0.182 e. The fraction of sp³-hybridized carbons (Fsp3) is 0.0714. The number of pyridine rings is 1. The molecule has 0 radical (unpaired) electrons. The van der Waals surface area contributed by atoms with Crippen molar-refractivity contribution in [3.05, 3.63) is 58.6 Å². The van der Waals surface area contributed by atoms with Gasteiger partial charge in [0.15, 0.2) is 11.6 Å². The minimum absolute atomic E-state index is 0.205. The van der Waals surface area contributed by atoms with Crippen molar-refractivity contribution in [3.8, 4) is 0 Å². The Bertz CT molecular complexity index is 810. The summed E-state index contributed by atoms with van der Waals surface area (Å²) in [5, 5.41) is 8.09. The van der Waals surface area contributed by atoms with Crippen LogP contribution in [0.1, 0.15) is 5.69 Å². The Kier molecular flexibility index (Phi) is 3.31. The molecule has 0 saturated heterocycles. The molecule has 6 heteroatoms. The molecule has 3 rings (SSSR count). The quantitative estimate of drug-likeness (QED) is 0.611. The third kappa shape index (κ3) is 2.34. The highest BCUT2D eigenvalue weighted by Gasteiger charge is 2.08. The first-order valence-corrected chi connectivity index (χ1v) is 6.75. The lowest BCUT2D eigenvalue weighted by Crippen LogP contribution is -1.83. The molecule has 0 aliphatic rings. The molecule has 0 saturated carbocycles. The van der Waals surface area contributed by atoms with Crippen molar-refractivity contribution >= 4 is 33.1 Å². The van der Waals surface area contributed by atoms with Gasteiger partial charge in [0.05, 0.1) is 5.69 Å². The van der Waals surface area contributed by atoms with Crippen molar-refractivity contribution in [2.45, 2.75) is 6.92 Å². The number of hydrogen-bond donors (Lipinski definition) is 0. The van der Waals surface area contributed by atoms with Gasteiger partial charge in [-0.05, 0) is 47.1 Å². The van der Waals surface area contributed by atoms with Crippen molar-refractivity contribution in [1.29, 1.82) is 0 Å². The molecule has 0 fully saturated rings. The summed E-state index contributed by atoms with van der Waals surface area (Å²) in [6.45, 7) is 1.84. The maximum Gasteiger partial charge on any atom is 0.182 e. The maximum absolute atomic E-state index is 13.5. The first-order valence-electron chi connectivity index (χ1n) is 5.95. The second kappa shape index (κ2) is 5.13. The maximum atomic E-state index is 13.5. The highest BCUT2D eigenvalue weighted by Crippen LogP contribution is 2.26. The van der Waals surface area contributed by atoms with E-state index in [1.165, 1.54) is 6.07 Å². The number of aryl methyl sites for hydroxylation is 1. The van der Waals surface area contributed by atoms with Crippen LogP contribution in [0.3, 0.4) is 0 Å². The second-order valence-electron chi connectivity index (χ2n) is 4.25. The zero-order valence-corrected chi connectivity index (χ0v) is 12.2. The number of fused-ring (bicyclic) bond motifs is 1. The van der Waals surface area contributed by atoms with E-state index in [-0.39, 0.29) is 5.69 Å². The molecule has 0 spiro atoms. The average Bonchev–Trinajstić information content (AvgIpc) is 2.73. The molecule has 0 aliphatic heterocycles. The molecule has 0 unspecified atom stereocenters. The van der Waals surface area contributed by atoms with Crippen molar-refractivity contribution in [2.24, 2.45) is 10.2 Å². The Hall–Kier alpha value is -2.08. The van der Waals surface area contributed by atoms with Crippen LogP contribution in [0.25, 0.3) is 5.65 Å². The second-order valence-corrected chi connectivity index (χ2v) is 5.16. The summed E-state index contributed by atoms with van der Waals surface area (Å²) in [5.41, 5.74) is 1.72. The summed E-state index contributed by atoms with van der Waals surface area (Å²) in [4.78, 5) is 4.38. The van der Waals surface area contributed by atoms with Gasteiger partial charge in [0, 0.05) is 10.7 Å². The Labute approximate surface area is 123 Å². The van der Waals surface area contributed by atoms with E-state index < -0.39 is 5.82 Å². The number of azo groups is 1. The van der Waals surface area contributed by atoms with Crippen LogP contribution in [-0.2, 0) is 0 Å². The van der Waals surface area contributed by atoms with Crippen LogP contribution in [0.2, 0.25) is 0 Å². The van der Waals surface area contributed by atoms with Gasteiger partial charge in [0.25, 0.3) is 0 Å². The third-order valence-corrected chi connectivity index (χ3v) is 3.30. The molecule has 0 aliphatic carbocycles. The van der Waals surface area contributed by atoms with Crippen LogP contribution in [-0.4, -0.2) is 9.38 Å². The molecule has 0 amide bonds. The van der Waals surface area contributed by atoms with Gasteiger partial charge >= 0.3 is 0 Å². The minimum Gasteiger partial charge on any atom is -0.282 e. The van der Waals surface area contributed by atoms with Crippen molar-refractivity contribution in [3.63, 3.8) is 0 Å². The van der Waals surface area contributed by atoms with Crippen LogP contribution in [0.15, 0.2) is 57.3 Å². The largest absolute Gasteiger partial charge is 0.282 e. The average molecular weight is 333 g/mol. The van der Waals surface area contributed by atoms with Crippen LogP contribution < -0.4 is 0 Å². The van der Waals surface area contributed by atoms with Crippen LogP contribution in [0, 0.1) is 12.7 Å². The van der Waals surface area contributed by atoms with E-state index in [9.17, 15) is 4.39 Å². The summed E-state index contributed by atoms with van der Waals surface area (Å²) in [6.07, 6.45) is 1.85. The van der Waals surface area contributed by atoms with Gasteiger partial charge in [-0.15, -0.1) is 10.2 Å². The predicted octanol–water partition coefficient (Wildman–Crippen LogP) is 4.96. The highest BCUT2D eigenvalue weighted by molar-refractivity contribution is 9.10. The number of benzene rings is 1. The minimum atomic E-state index is -0.399. The molecule has 4 nitrogen and oxygen atoms in total. The number of aromatic nitrogens is 2. The molecule has 2 aromatic heterocycles. The number of halogens is 2. The molecular formula is C14H10BrFN4. The Morgan fingerprint density at radius 3 is 2.75 bits per heavy atom. The van der Waals surface area contributed by atoms with Crippen molar-refractivity contribution < 1.29 is 4.39 Å². The van der Waals surface area contributed by atoms with Gasteiger partial charge in [-0.3, -0.25) is 4.40 Å². The van der Waals surface area contributed by atoms with Crippen LogP contribution in [0.5, 0.6) is 0 Å². The lowest BCUT2D eigenvalue weighted by atomic mass is 10.3. The number of nitrogens with zero attached hydrogens (tertiary/aromatic N) is 4. The van der Waals surface area contributed by atoms with E-state index in [1.54, 1.807) is 18.2 Å². The normalized spacial score (nSPS) is 11.6. The van der Waals surface area contributed by atoms with Gasteiger partial charge in [0.2, 0.25) is 0 Å². The fourth-order valence-corrected chi connectivity index (χ4v) is 2.22. The number of rotatable bonds is 2. The van der Waals surface area contributed by atoms with Crippen molar-refractivity contribution in [1.82, 2.24) is 9.38 Å².